The van der Waals surface area contributed by atoms with Crippen molar-refractivity contribution in [3.05, 3.63) is 28.3 Å². The van der Waals surface area contributed by atoms with E-state index in [0.29, 0.717) is 23.6 Å². The van der Waals surface area contributed by atoms with Gasteiger partial charge in [-0.05, 0) is 43.9 Å². The van der Waals surface area contributed by atoms with E-state index >= 15 is 0 Å². The molecule has 8 nitrogen and oxygen atoms in total. The van der Waals surface area contributed by atoms with Crippen LogP contribution in [-0.2, 0) is 19.1 Å². The van der Waals surface area contributed by atoms with Gasteiger partial charge in [0.25, 0.3) is 11.8 Å². The number of halogens is 1. The minimum absolute atomic E-state index is 0.0736. The minimum atomic E-state index is -0.800. The van der Waals surface area contributed by atoms with Gasteiger partial charge < -0.3 is 15.4 Å². The Hall–Kier alpha value is -2.61. The lowest BCUT2D eigenvalue weighted by molar-refractivity contribution is -0.147. The molecule has 0 atom stereocenters. The lowest BCUT2D eigenvalue weighted by Gasteiger charge is -2.19. The summed E-state index contributed by atoms with van der Waals surface area (Å²) in [6.07, 6.45) is 2.86. The topological polar surface area (TPSA) is 105 Å². The van der Waals surface area contributed by atoms with Gasteiger partial charge in [-0.3, -0.25) is 19.3 Å². The van der Waals surface area contributed by atoms with Gasteiger partial charge in [0.05, 0.1) is 17.1 Å². The van der Waals surface area contributed by atoms with Crippen LogP contribution in [0.4, 0.5) is 10.5 Å². The van der Waals surface area contributed by atoms with Gasteiger partial charge in [0, 0.05) is 6.54 Å². The van der Waals surface area contributed by atoms with Crippen LogP contribution in [0.25, 0.3) is 0 Å². The zero-order valence-electron chi connectivity index (χ0n) is 16.5. The van der Waals surface area contributed by atoms with Gasteiger partial charge in [0.1, 0.15) is 5.54 Å². The summed E-state index contributed by atoms with van der Waals surface area (Å²) in [5.41, 5.74) is 1.44. The lowest BCUT2D eigenvalue weighted by atomic mass is 9.98. The number of carbonyl (C=O) groups is 4. The van der Waals surface area contributed by atoms with Crippen LogP contribution in [0.15, 0.2) is 12.1 Å². The van der Waals surface area contributed by atoms with E-state index in [1.165, 1.54) is 0 Å². The van der Waals surface area contributed by atoms with E-state index < -0.39 is 30.1 Å². The molecule has 9 heteroatoms. The molecule has 1 spiro atoms. The average molecular weight is 422 g/mol. The molecular formula is C20H24ClN3O5. The number of imide groups is 1. The van der Waals surface area contributed by atoms with Crippen molar-refractivity contribution in [1.82, 2.24) is 10.2 Å². The number of nitrogens with zero attached hydrogens (tertiary/aromatic N) is 1. The Morgan fingerprint density at radius 1 is 1.24 bits per heavy atom. The zero-order valence-corrected chi connectivity index (χ0v) is 17.2. The standard InChI is InChI=1S/C20H24ClN3O5/c1-12-9-13(2)17(14(21)10-12)22-15(25)11-29-16(26)5-8-24-18(27)20(23-19(24)28)6-3-4-7-20/h9-10H,3-8,11H2,1-2H3,(H,22,25)(H,23,28). The molecule has 0 bridgehead atoms. The number of carbonyl (C=O) groups excluding carboxylic acids is 4. The summed E-state index contributed by atoms with van der Waals surface area (Å²) in [6, 6.07) is 3.13. The fraction of sp³-hybridized carbons (Fsp3) is 0.500. The number of amides is 4. The van der Waals surface area contributed by atoms with E-state index in [-0.39, 0.29) is 18.9 Å². The van der Waals surface area contributed by atoms with Crippen LogP contribution in [0.5, 0.6) is 0 Å². The SMILES string of the molecule is Cc1cc(C)c(NC(=O)COC(=O)CCN2C(=O)NC3(CCCC3)C2=O)c(Cl)c1. The number of benzene rings is 1. The van der Waals surface area contributed by atoms with Crippen molar-refractivity contribution in [2.75, 3.05) is 18.5 Å². The molecular weight excluding hydrogens is 398 g/mol. The monoisotopic (exact) mass is 421 g/mol. The molecule has 1 aromatic rings. The van der Waals surface area contributed by atoms with Gasteiger partial charge in [-0.2, -0.15) is 0 Å². The first-order chi connectivity index (χ1) is 13.7. The Bertz CT molecular complexity index is 841. The van der Waals surface area contributed by atoms with E-state index in [2.05, 4.69) is 10.6 Å². The molecule has 1 saturated carbocycles. The normalized spacial score (nSPS) is 17.6. The van der Waals surface area contributed by atoms with Crippen molar-refractivity contribution in [2.24, 2.45) is 0 Å². The molecule has 29 heavy (non-hydrogen) atoms. The van der Waals surface area contributed by atoms with Gasteiger partial charge in [-0.15, -0.1) is 0 Å². The van der Waals surface area contributed by atoms with Crippen molar-refractivity contribution < 1.29 is 23.9 Å². The molecule has 156 valence electrons. The Kier molecular flexibility index (Phi) is 6.12. The van der Waals surface area contributed by atoms with Crippen molar-refractivity contribution in [2.45, 2.75) is 51.5 Å². The van der Waals surface area contributed by atoms with Crippen molar-refractivity contribution in [3.8, 4) is 0 Å². The highest BCUT2D eigenvalue weighted by Crippen LogP contribution is 2.35. The second-order valence-corrected chi connectivity index (χ2v) is 7.98. The molecule has 1 heterocycles. The Morgan fingerprint density at radius 3 is 2.59 bits per heavy atom. The maximum atomic E-state index is 12.5. The van der Waals surface area contributed by atoms with Crippen LogP contribution in [0.2, 0.25) is 5.02 Å². The zero-order chi connectivity index (χ0) is 21.2. The summed E-state index contributed by atoms with van der Waals surface area (Å²) < 4.78 is 4.96. The summed E-state index contributed by atoms with van der Waals surface area (Å²) in [6.45, 7) is 3.16. The minimum Gasteiger partial charge on any atom is -0.456 e. The number of esters is 1. The summed E-state index contributed by atoms with van der Waals surface area (Å²) in [5.74, 6) is -1.47. The van der Waals surface area contributed by atoms with Crippen LogP contribution in [0.3, 0.4) is 0 Å². The molecule has 1 saturated heterocycles. The largest absolute Gasteiger partial charge is 0.456 e. The van der Waals surface area contributed by atoms with Gasteiger partial charge >= 0.3 is 12.0 Å². The quantitative estimate of drug-likeness (QED) is 0.542. The van der Waals surface area contributed by atoms with Crippen molar-refractivity contribution in [1.29, 1.82) is 0 Å². The predicted octanol–water partition coefficient (Wildman–Crippen LogP) is 2.69. The maximum Gasteiger partial charge on any atom is 0.325 e. The number of nitrogens with one attached hydrogen (secondary N) is 2. The molecule has 2 fully saturated rings. The third kappa shape index (κ3) is 4.53. The first-order valence-corrected chi connectivity index (χ1v) is 9.96. The molecule has 4 amide bonds. The lowest BCUT2D eigenvalue weighted by Crippen LogP contribution is -2.44. The van der Waals surface area contributed by atoms with E-state index in [0.717, 1.165) is 28.9 Å². The number of aryl methyl sites for hydroxylation is 2. The van der Waals surface area contributed by atoms with Crippen LogP contribution in [-0.4, -0.2) is 47.4 Å². The second kappa shape index (κ2) is 8.41. The number of hydrogen-bond acceptors (Lipinski definition) is 5. The Labute approximate surface area is 173 Å². The van der Waals surface area contributed by atoms with Crippen LogP contribution in [0, 0.1) is 13.8 Å². The van der Waals surface area contributed by atoms with Crippen LogP contribution < -0.4 is 10.6 Å². The summed E-state index contributed by atoms with van der Waals surface area (Å²) in [4.78, 5) is 49.7. The Morgan fingerprint density at radius 2 is 1.93 bits per heavy atom. The van der Waals surface area contributed by atoms with Crippen molar-refractivity contribution in [3.63, 3.8) is 0 Å². The summed E-state index contributed by atoms with van der Waals surface area (Å²) >= 11 is 6.14. The van der Waals surface area contributed by atoms with E-state index in [1.54, 1.807) is 6.07 Å². The first-order valence-electron chi connectivity index (χ1n) is 9.58. The molecule has 0 unspecified atom stereocenters. The number of urea groups is 1. The molecule has 1 aliphatic carbocycles. The summed E-state index contributed by atoms with van der Waals surface area (Å²) in [5, 5.41) is 5.79. The van der Waals surface area contributed by atoms with E-state index in [4.69, 9.17) is 16.3 Å². The number of hydrogen-bond donors (Lipinski definition) is 2. The number of rotatable bonds is 6. The van der Waals surface area contributed by atoms with Gasteiger partial charge in [-0.1, -0.05) is 30.5 Å². The van der Waals surface area contributed by atoms with Gasteiger partial charge in [0.15, 0.2) is 6.61 Å². The smallest absolute Gasteiger partial charge is 0.325 e. The van der Waals surface area contributed by atoms with Crippen LogP contribution >= 0.6 is 11.6 Å². The molecule has 0 aromatic heterocycles. The first kappa shape index (κ1) is 21.1. The fourth-order valence-electron chi connectivity index (χ4n) is 3.87. The fourth-order valence-corrected chi connectivity index (χ4v) is 4.24. The highest BCUT2D eigenvalue weighted by Gasteiger charge is 2.52. The molecule has 2 aliphatic rings. The van der Waals surface area contributed by atoms with Gasteiger partial charge in [-0.25, -0.2) is 4.79 Å². The highest BCUT2D eigenvalue weighted by atomic mass is 35.5. The highest BCUT2D eigenvalue weighted by molar-refractivity contribution is 6.34. The third-order valence-corrected chi connectivity index (χ3v) is 5.60. The molecule has 1 aromatic carbocycles. The Balaban J connectivity index is 1.46. The third-order valence-electron chi connectivity index (χ3n) is 5.30. The molecule has 2 N–H and O–H groups in total. The molecule has 1 aliphatic heterocycles. The van der Waals surface area contributed by atoms with Crippen LogP contribution in [0.1, 0.15) is 43.2 Å². The summed E-state index contributed by atoms with van der Waals surface area (Å²) in [7, 11) is 0. The average Bonchev–Trinajstić information content (AvgIpc) is 3.20. The van der Waals surface area contributed by atoms with Crippen molar-refractivity contribution >= 4 is 41.1 Å². The second-order valence-electron chi connectivity index (χ2n) is 7.57. The van der Waals surface area contributed by atoms with E-state index in [9.17, 15) is 19.2 Å². The maximum absolute atomic E-state index is 12.5. The molecule has 0 radical (unpaired) electrons. The number of ether oxygens (including phenoxy) is 1. The van der Waals surface area contributed by atoms with Gasteiger partial charge in [0.2, 0.25) is 0 Å². The number of anilines is 1. The van der Waals surface area contributed by atoms with E-state index in [1.807, 2.05) is 19.9 Å². The molecule has 3 rings (SSSR count). The predicted molar refractivity (Wildman–Crippen MR) is 107 cm³/mol.